The lowest BCUT2D eigenvalue weighted by Gasteiger charge is -2.29. The summed E-state index contributed by atoms with van der Waals surface area (Å²) in [5.74, 6) is 0.562. The Balaban J connectivity index is 1.37. The lowest BCUT2D eigenvalue weighted by atomic mass is 9.96. The largest absolute Gasteiger partial charge is 0.338 e. The summed E-state index contributed by atoms with van der Waals surface area (Å²) in [5, 5.41) is 6.51. The average molecular weight is 387 g/mol. The molecule has 1 fully saturated rings. The Kier molecular flexibility index (Phi) is 7.13. The molecule has 0 radical (unpaired) electrons. The van der Waals surface area contributed by atoms with E-state index in [2.05, 4.69) is 41.8 Å². The molecule has 1 aliphatic rings. The molecule has 0 saturated carbocycles. The van der Waals surface area contributed by atoms with Gasteiger partial charge in [-0.2, -0.15) is 0 Å². The molecule has 2 aromatic carbocycles. The van der Waals surface area contributed by atoms with Gasteiger partial charge in [0.1, 0.15) is 6.54 Å². The van der Waals surface area contributed by atoms with Crippen molar-refractivity contribution in [2.45, 2.75) is 32.7 Å². The zero-order valence-electron chi connectivity index (χ0n) is 15.9. The van der Waals surface area contributed by atoms with E-state index in [0.29, 0.717) is 10.9 Å². The predicted molar refractivity (Wildman–Crippen MR) is 111 cm³/mol. The van der Waals surface area contributed by atoms with Crippen LogP contribution >= 0.6 is 11.6 Å². The summed E-state index contributed by atoms with van der Waals surface area (Å²) in [7, 11) is 0. The molecule has 0 bridgehead atoms. The van der Waals surface area contributed by atoms with E-state index in [1.165, 1.54) is 24.2 Å². The molecule has 27 heavy (non-hydrogen) atoms. The molecule has 1 heterocycles. The molecular weight excluding hydrogens is 358 g/mol. The van der Waals surface area contributed by atoms with E-state index in [1.807, 2.05) is 0 Å². The number of urea groups is 1. The molecule has 0 spiro atoms. The van der Waals surface area contributed by atoms with Gasteiger partial charge in [-0.3, -0.25) is 0 Å². The number of carbonyl (C=O) groups is 1. The summed E-state index contributed by atoms with van der Waals surface area (Å²) in [6, 6.07) is 15.9. The molecule has 2 amide bonds. The molecule has 144 valence electrons. The molecule has 1 saturated heterocycles. The Morgan fingerprint density at radius 1 is 1.11 bits per heavy atom. The van der Waals surface area contributed by atoms with Gasteiger partial charge in [0, 0.05) is 35.7 Å². The number of nitrogens with one attached hydrogen (secondary N) is 3. The zero-order chi connectivity index (χ0) is 19.1. The van der Waals surface area contributed by atoms with Crippen molar-refractivity contribution >= 4 is 23.3 Å². The zero-order valence-corrected chi connectivity index (χ0v) is 16.7. The number of rotatable bonds is 6. The Morgan fingerprint density at radius 3 is 2.52 bits per heavy atom. The molecule has 3 N–H and O–H groups in total. The SMILES string of the molecule is CCc1cccc(C[NH+]2CCC(CNC(=O)Nc3ccc(Cl)cc3)CC2)c1. The first-order chi connectivity index (χ1) is 13.1. The Hall–Kier alpha value is -2.04. The third kappa shape index (κ3) is 6.26. The van der Waals surface area contributed by atoms with Gasteiger partial charge in [0.25, 0.3) is 0 Å². The predicted octanol–water partition coefficient (Wildman–Crippen LogP) is 3.52. The topological polar surface area (TPSA) is 45.6 Å². The van der Waals surface area contributed by atoms with Crippen LogP contribution in [0.2, 0.25) is 5.02 Å². The number of anilines is 1. The van der Waals surface area contributed by atoms with Crippen LogP contribution in [-0.2, 0) is 13.0 Å². The maximum Gasteiger partial charge on any atom is 0.319 e. The van der Waals surface area contributed by atoms with Crippen LogP contribution in [0, 0.1) is 5.92 Å². The number of hydrogen-bond acceptors (Lipinski definition) is 1. The average Bonchev–Trinajstić information content (AvgIpc) is 2.69. The maximum atomic E-state index is 12.0. The van der Waals surface area contributed by atoms with Crippen molar-refractivity contribution < 1.29 is 9.69 Å². The van der Waals surface area contributed by atoms with Gasteiger partial charge in [-0.15, -0.1) is 0 Å². The maximum absolute atomic E-state index is 12.0. The monoisotopic (exact) mass is 386 g/mol. The van der Waals surface area contributed by atoms with Crippen molar-refractivity contribution in [1.29, 1.82) is 0 Å². The Bertz CT molecular complexity index is 739. The lowest BCUT2D eigenvalue weighted by Crippen LogP contribution is -3.11. The summed E-state index contributed by atoms with van der Waals surface area (Å²) >= 11 is 5.86. The summed E-state index contributed by atoms with van der Waals surface area (Å²) < 4.78 is 0. The van der Waals surface area contributed by atoms with Gasteiger partial charge in [-0.25, -0.2) is 4.79 Å². The number of halogens is 1. The van der Waals surface area contributed by atoms with Crippen LogP contribution in [-0.4, -0.2) is 25.7 Å². The third-order valence-electron chi connectivity index (χ3n) is 5.32. The summed E-state index contributed by atoms with van der Waals surface area (Å²) in [5.41, 5.74) is 3.60. The number of aryl methyl sites for hydroxylation is 1. The van der Waals surface area contributed by atoms with E-state index in [4.69, 9.17) is 11.6 Å². The standard InChI is InChI=1S/C22H28ClN3O/c1-2-17-4-3-5-19(14-17)16-26-12-10-18(11-13-26)15-24-22(27)25-21-8-6-20(23)7-9-21/h3-9,14,18H,2,10-13,15-16H2,1H3,(H2,24,25,27)/p+1. The number of benzene rings is 2. The fourth-order valence-corrected chi connectivity index (χ4v) is 3.79. The van der Waals surface area contributed by atoms with E-state index < -0.39 is 0 Å². The smallest absolute Gasteiger partial charge is 0.319 e. The normalized spacial score (nSPS) is 19.5. The van der Waals surface area contributed by atoms with Gasteiger partial charge in [0.2, 0.25) is 0 Å². The van der Waals surface area contributed by atoms with E-state index in [0.717, 1.165) is 38.0 Å². The van der Waals surface area contributed by atoms with Crippen LogP contribution < -0.4 is 15.5 Å². The number of likely N-dealkylation sites (tertiary alicyclic amines) is 1. The van der Waals surface area contributed by atoms with Crippen molar-refractivity contribution in [2.24, 2.45) is 5.92 Å². The fourth-order valence-electron chi connectivity index (χ4n) is 3.66. The van der Waals surface area contributed by atoms with Crippen molar-refractivity contribution in [1.82, 2.24) is 5.32 Å². The van der Waals surface area contributed by atoms with E-state index in [-0.39, 0.29) is 6.03 Å². The minimum atomic E-state index is -0.150. The van der Waals surface area contributed by atoms with Crippen LogP contribution in [0.3, 0.4) is 0 Å². The molecule has 2 aromatic rings. The quantitative estimate of drug-likeness (QED) is 0.698. The van der Waals surface area contributed by atoms with E-state index >= 15 is 0 Å². The van der Waals surface area contributed by atoms with Gasteiger partial charge < -0.3 is 15.5 Å². The first-order valence-corrected chi connectivity index (χ1v) is 10.2. The fraction of sp³-hybridized carbons (Fsp3) is 0.409. The van der Waals surface area contributed by atoms with Crippen LogP contribution in [0.1, 0.15) is 30.9 Å². The highest BCUT2D eigenvalue weighted by Crippen LogP contribution is 2.13. The number of amides is 2. The van der Waals surface area contributed by atoms with Crippen LogP contribution in [0.4, 0.5) is 10.5 Å². The van der Waals surface area contributed by atoms with Gasteiger partial charge in [-0.05, 0) is 42.2 Å². The summed E-state index contributed by atoms with van der Waals surface area (Å²) in [6.45, 7) is 6.37. The molecule has 0 aromatic heterocycles. The minimum Gasteiger partial charge on any atom is -0.338 e. The number of hydrogen-bond donors (Lipinski definition) is 3. The van der Waals surface area contributed by atoms with Gasteiger partial charge >= 0.3 is 6.03 Å². The number of quaternary nitrogens is 1. The highest BCUT2D eigenvalue weighted by atomic mass is 35.5. The molecule has 4 nitrogen and oxygen atoms in total. The Morgan fingerprint density at radius 2 is 1.81 bits per heavy atom. The first-order valence-electron chi connectivity index (χ1n) is 9.84. The lowest BCUT2D eigenvalue weighted by molar-refractivity contribution is -0.919. The van der Waals surface area contributed by atoms with Gasteiger partial charge in [0.05, 0.1) is 13.1 Å². The summed E-state index contributed by atoms with van der Waals surface area (Å²) in [6.07, 6.45) is 3.41. The molecule has 3 rings (SSSR count). The first kappa shape index (κ1) is 19.7. The summed E-state index contributed by atoms with van der Waals surface area (Å²) in [4.78, 5) is 13.7. The van der Waals surface area contributed by atoms with Crippen molar-refractivity contribution in [3.05, 3.63) is 64.7 Å². The molecule has 5 heteroatoms. The van der Waals surface area contributed by atoms with Crippen molar-refractivity contribution in [3.8, 4) is 0 Å². The highest BCUT2D eigenvalue weighted by molar-refractivity contribution is 6.30. The van der Waals surface area contributed by atoms with Gasteiger partial charge in [0.15, 0.2) is 0 Å². The van der Waals surface area contributed by atoms with Crippen molar-refractivity contribution in [3.63, 3.8) is 0 Å². The molecule has 0 atom stereocenters. The van der Waals surface area contributed by atoms with E-state index in [1.54, 1.807) is 29.2 Å². The van der Waals surface area contributed by atoms with E-state index in [9.17, 15) is 4.79 Å². The van der Waals surface area contributed by atoms with Crippen molar-refractivity contribution in [2.75, 3.05) is 25.0 Å². The molecule has 1 aliphatic heterocycles. The van der Waals surface area contributed by atoms with Crippen LogP contribution in [0.5, 0.6) is 0 Å². The number of piperidine rings is 1. The third-order valence-corrected chi connectivity index (χ3v) is 5.57. The second kappa shape index (κ2) is 9.77. The van der Waals surface area contributed by atoms with Gasteiger partial charge in [-0.1, -0.05) is 42.8 Å². The molecular formula is C22H29ClN3O+. The molecule has 0 aliphatic carbocycles. The Labute approximate surface area is 166 Å². The minimum absolute atomic E-state index is 0.150. The number of carbonyl (C=O) groups excluding carboxylic acids is 1. The highest BCUT2D eigenvalue weighted by Gasteiger charge is 2.22. The van der Waals surface area contributed by atoms with Crippen LogP contribution in [0.25, 0.3) is 0 Å². The second-order valence-electron chi connectivity index (χ2n) is 7.39. The second-order valence-corrected chi connectivity index (χ2v) is 7.82. The van der Waals surface area contributed by atoms with Crippen LogP contribution in [0.15, 0.2) is 48.5 Å². The molecule has 0 unspecified atom stereocenters.